The number of aliphatic hydroxyl groups is 1. The summed E-state index contributed by atoms with van der Waals surface area (Å²) in [5, 5.41) is 9.37. The number of likely N-dealkylation sites (N-methyl/N-ethyl adjacent to an activating group) is 1. The van der Waals surface area contributed by atoms with Gasteiger partial charge in [0.25, 0.3) is 0 Å². The zero-order chi connectivity index (χ0) is 26.0. The van der Waals surface area contributed by atoms with Crippen LogP contribution in [0.25, 0.3) is 0 Å². The van der Waals surface area contributed by atoms with E-state index in [0.29, 0.717) is 12.1 Å². The molecule has 0 saturated carbocycles. The highest BCUT2D eigenvalue weighted by atomic mass is 32.1. The number of anilines is 1. The van der Waals surface area contributed by atoms with Crippen molar-refractivity contribution in [3.8, 4) is 5.75 Å². The number of thiocarbonyl (C=S) groups is 1. The molecule has 1 N–H and O–H groups in total. The maximum absolute atomic E-state index is 13.5. The van der Waals surface area contributed by atoms with Gasteiger partial charge in [-0.3, -0.25) is 9.69 Å². The van der Waals surface area contributed by atoms with Crippen LogP contribution in [0.1, 0.15) is 23.2 Å². The van der Waals surface area contributed by atoms with Gasteiger partial charge in [0.15, 0.2) is 5.05 Å². The van der Waals surface area contributed by atoms with Gasteiger partial charge in [-0.05, 0) is 42.8 Å². The van der Waals surface area contributed by atoms with E-state index in [1.807, 2.05) is 0 Å². The largest absolute Gasteiger partial charge is 0.502 e. The minimum absolute atomic E-state index is 0.00187. The molecule has 2 amide bonds. The monoisotopic (exact) mass is 502 g/mol. The summed E-state index contributed by atoms with van der Waals surface area (Å²) in [6.45, 7) is 11.1. The first kappa shape index (κ1) is 27.6. The van der Waals surface area contributed by atoms with E-state index in [2.05, 4.69) is 19.7 Å². The molecule has 0 aliphatic carbocycles. The SMILES string of the molecule is C=CCOC(=O)c1ccc(N(C)C(=O)[C@@H]2C[C@@H](CC(O)=S)CN2C(=O)OCC=C)c(OCC=C)c1. The Kier molecular flexibility index (Phi) is 10.5. The molecule has 1 aliphatic rings. The molecule has 1 saturated heterocycles. The quantitative estimate of drug-likeness (QED) is 0.261. The van der Waals surface area contributed by atoms with E-state index in [1.165, 1.54) is 40.2 Å². The van der Waals surface area contributed by atoms with E-state index in [0.717, 1.165) is 0 Å². The van der Waals surface area contributed by atoms with Crippen molar-refractivity contribution in [2.24, 2.45) is 5.92 Å². The van der Waals surface area contributed by atoms with Crippen LogP contribution in [0.5, 0.6) is 5.75 Å². The molecule has 0 spiro atoms. The van der Waals surface area contributed by atoms with Gasteiger partial charge < -0.3 is 24.2 Å². The van der Waals surface area contributed by atoms with Crippen LogP contribution in [-0.4, -0.2) is 72.5 Å². The van der Waals surface area contributed by atoms with Gasteiger partial charge >= 0.3 is 12.1 Å². The van der Waals surface area contributed by atoms with Crippen LogP contribution in [0.15, 0.2) is 56.2 Å². The molecule has 0 unspecified atom stereocenters. The van der Waals surface area contributed by atoms with Gasteiger partial charge in [-0.2, -0.15) is 0 Å². The number of hydrogen-bond donors (Lipinski definition) is 1. The molecule has 0 aromatic heterocycles. The Hall–Kier alpha value is -3.66. The van der Waals surface area contributed by atoms with Crippen molar-refractivity contribution in [3.63, 3.8) is 0 Å². The first-order chi connectivity index (χ1) is 16.7. The fourth-order valence-corrected chi connectivity index (χ4v) is 3.95. The van der Waals surface area contributed by atoms with E-state index in [-0.39, 0.29) is 55.1 Å². The number of carbonyl (C=O) groups is 3. The highest BCUT2D eigenvalue weighted by Gasteiger charge is 2.42. The molecule has 1 fully saturated rings. The second-order valence-electron chi connectivity index (χ2n) is 7.80. The summed E-state index contributed by atoms with van der Waals surface area (Å²) in [5.41, 5.74) is 0.625. The Labute approximate surface area is 210 Å². The molecule has 2 atom stereocenters. The molecule has 1 aromatic rings. The molecule has 1 aromatic carbocycles. The average Bonchev–Trinajstić information content (AvgIpc) is 3.26. The molecule has 0 radical (unpaired) electrons. The van der Waals surface area contributed by atoms with Crippen molar-refractivity contribution < 1.29 is 33.7 Å². The van der Waals surface area contributed by atoms with Crippen LogP contribution in [0.4, 0.5) is 10.5 Å². The Morgan fingerprint density at radius 2 is 1.80 bits per heavy atom. The number of likely N-dealkylation sites (tertiary alicyclic amines) is 1. The standard InChI is InChI=1S/C25H30N2O7S/c1-5-10-32-21-15-18(24(30)33-11-6-2)8-9-19(21)26(4)23(29)20-13-17(14-22(28)35)16-27(20)25(31)34-12-7-3/h5-9,15,17,20H,1-3,10-14,16H2,4H3,(H,28,35)/t17-,20-/m0/s1. The highest BCUT2D eigenvalue weighted by molar-refractivity contribution is 7.80. The molecule has 2 rings (SSSR count). The zero-order valence-corrected chi connectivity index (χ0v) is 20.5. The average molecular weight is 503 g/mol. The van der Waals surface area contributed by atoms with E-state index in [4.69, 9.17) is 26.4 Å². The lowest BCUT2D eigenvalue weighted by atomic mass is 10.0. The number of esters is 1. The minimum atomic E-state index is -0.846. The lowest BCUT2D eigenvalue weighted by Crippen LogP contribution is -2.47. The van der Waals surface area contributed by atoms with Gasteiger partial charge in [0, 0.05) is 20.0 Å². The minimum Gasteiger partial charge on any atom is -0.502 e. The number of ether oxygens (including phenoxy) is 3. The number of nitrogens with zero attached hydrogens (tertiary/aromatic N) is 2. The molecule has 10 heteroatoms. The smallest absolute Gasteiger partial charge is 0.410 e. The summed E-state index contributed by atoms with van der Waals surface area (Å²) in [5.74, 6) is -0.897. The van der Waals surface area contributed by atoms with E-state index >= 15 is 0 Å². The highest BCUT2D eigenvalue weighted by Crippen LogP contribution is 2.33. The van der Waals surface area contributed by atoms with Gasteiger partial charge in [-0.1, -0.05) is 38.0 Å². The van der Waals surface area contributed by atoms with E-state index in [1.54, 1.807) is 13.1 Å². The Bertz CT molecular complexity index is 994. The summed E-state index contributed by atoms with van der Waals surface area (Å²) < 4.78 is 15.9. The third kappa shape index (κ3) is 7.41. The number of amides is 2. The molecular weight excluding hydrogens is 472 g/mol. The Balaban J connectivity index is 2.34. The predicted octanol–water partition coefficient (Wildman–Crippen LogP) is 3.85. The number of aliphatic hydroxyl groups excluding tert-OH is 1. The van der Waals surface area contributed by atoms with Crippen molar-refractivity contribution >= 4 is 40.9 Å². The van der Waals surface area contributed by atoms with Gasteiger partial charge in [0.2, 0.25) is 5.91 Å². The predicted molar refractivity (Wildman–Crippen MR) is 136 cm³/mol. The maximum Gasteiger partial charge on any atom is 0.410 e. The van der Waals surface area contributed by atoms with Gasteiger partial charge in [-0.25, -0.2) is 9.59 Å². The second-order valence-corrected chi connectivity index (χ2v) is 8.27. The molecular formula is C25H30N2O7S. The summed E-state index contributed by atoms with van der Waals surface area (Å²) in [4.78, 5) is 41.1. The lowest BCUT2D eigenvalue weighted by molar-refractivity contribution is -0.122. The van der Waals surface area contributed by atoms with Crippen LogP contribution >= 0.6 is 12.2 Å². The van der Waals surface area contributed by atoms with Gasteiger partial charge in [0.1, 0.15) is 31.6 Å². The molecule has 1 heterocycles. The van der Waals surface area contributed by atoms with Crippen molar-refractivity contribution in [2.45, 2.75) is 18.9 Å². The third-order valence-corrected chi connectivity index (χ3v) is 5.44. The van der Waals surface area contributed by atoms with Crippen LogP contribution < -0.4 is 9.64 Å². The van der Waals surface area contributed by atoms with Crippen LogP contribution in [0.2, 0.25) is 0 Å². The fraction of sp³-hybridized carbons (Fsp3) is 0.360. The second kappa shape index (κ2) is 13.3. The first-order valence-corrected chi connectivity index (χ1v) is 11.3. The number of carbonyl (C=O) groups excluding carboxylic acids is 3. The summed E-state index contributed by atoms with van der Waals surface area (Å²) in [6.07, 6.45) is 4.24. The first-order valence-electron chi connectivity index (χ1n) is 10.9. The number of rotatable bonds is 12. The van der Waals surface area contributed by atoms with E-state index < -0.39 is 24.0 Å². The molecule has 0 bridgehead atoms. The van der Waals surface area contributed by atoms with Crippen molar-refractivity contribution in [2.75, 3.05) is 38.3 Å². The van der Waals surface area contributed by atoms with Gasteiger partial charge in [0.05, 0.1) is 11.3 Å². The van der Waals surface area contributed by atoms with Crippen molar-refractivity contribution in [1.82, 2.24) is 4.90 Å². The van der Waals surface area contributed by atoms with E-state index in [9.17, 15) is 19.5 Å². The Morgan fingerprint density at radius 1 is 1.14 bits per heavy atom. The summed E-state index contributed by atoms with van der Waals surface area (Å²) in [6, 6.07) is 3.71. The van der Waals surface area contributed by atoms with Crippen molar-refractivity contribution in [3.05, 3.63) is 61.7 Å². The lowest BCUT2D eigenvalue weighted by Gasteiger charge is -2.28. The normalized spacial score (nSPS) is 16.7. The molecule has 9 nitrogen and oxygen atoms in total. The molecule has 188 valence electrons. The third-order valence-electron chi connectivity index (χ3n) is 5.27. The van der Waals surface area contributed by atoms with Gasteiger partial charge in [-0.15, -0.1) is 0 Å². The number of hydrogen-bond acceptors (Lipinski definition) is 7. The molecule has 35 heavy (non-hydrogen) atoms. The van der Waals surface area contributed by atoms with Crippen LogP contribution in [0.3, 0.4) is 0 Å². The number of benzene rings is 1. The van der Waals surface area contributed by atoms with Crippen LogP contribution in [0, 0.1) is 5.92 Å². The maximum atomic E-state index is 13.5. The topological polar surface area (TPSA) is 106 Å². The summed E-state index contributed by atoms with van der Waals surface area (Å²) in [7, 11) is 1.55. The molecule has 1 aliphatic heterocycles. The zero-order valence-electron chi connectivity index (χ0n) is 19.7. The summed E-state index contributed by atoms with van der Waals surface area (Å²) >= 11 is 4.80. The van der Waals surface area contributed by atoms with Crippen molar-refractivity contribution in [1.29, 1.82) is 0 Å². The van der Waals surface area contributed by atoms with Crippen LogP contribution in [-0.2, 0) is 14.3 Å². The fourth-order valence-electron chi connectivity index (χ4n) is 3.71. The Morgan fingerprint density at radius 3 is 2.43 bits per heavy atom.